The number of non-ortho nitro benzene ring substituents is 1. The molecule has 5 rings (SSSR count). The molecular formula is C34H36N2O5S2Si. The smallest absolute Gasteiger partial charge is 0.269 e. The molecule has 0 fully saturated rings. The van der Waals surface area contributed by atoms with Gasteiger partial charge in [0.1, 0.15) is 0 Å². The van der Waals surface area contributed by atoms with Gasteiger partial charge in [0.25, 0.3) is 24.0 Å². The zero-order chi connectivity index (χ0) is 31.4. The molecule has 0 aliphatic rings. The molecule has 2 aromatic heterocycles. The zero-order valence-corrected chi connectivity index (χ0v) is 27.6. The van der Waals surface area contributed by atoms with Crippen LogP contribution in [0.15, 0.2) is 126 Å². The van der Waals surface area contributed by atoms with Crippen LogP contribution in [0.5, 0.6) is 0 Å². The normalized spacial score (nSPS) is 13.1. The molecule has 0 aliphatic heterocycles. The van der Waals surface area contributed by atoms with E-state index in [0.29, 0.717) is 18.7 Å². The predicted octanol–water partition coefficient (Wildman–Crippen LogP) is 7.18. The van der Waals surface area contributed by atoms with E-state index in [1.807, 2.05) is 35.7 Å². The Balaban J connectivity index is 1.44. The maximum absolute atomic E-state index is 13.7. The number of hydrogen-bond donors (Lipinski definition) is 0. The molecule has 0 amide bonds. The van der Waals surface area contributed by atoms with E-state index < -0.39 is 23.3 Å². The minimum absolute atomic E-state index is 0.000459. The Kier molecular flexibility index (Phi) is 9.36. The molecule has 0 bridgehead atoms. The summed E-state index contributed by atoms with van der Waals surface area (Å²) in [5, 5.41) is 15.4. The second kappa shape index (κ2) is 13.0. The first kappa shape index (κ1) is 31.6. The summed E-state index contributed by atoms with van der Waals surface area (Å²) in [6.45, 7) is 7.28. The van der Waals surface area contributed by atoms with Crippen LogP contribution >= 0.6 is 11.3 Å². The number of rotatable bonds is 12. The molecule has 0 unspecified atom stereocenters. The lowest BCUT2D eigenvalue weighted by molar-refractivity contribution is -0.384. The molecule has 3 aromatic carbocycles. The second-order valence-corrected chi connectivity index (χ2v) is 18.8. The highest BCUT2D eigenvalue weighted by Crippen LogP contribution is 2.38. The van der Waals surface area contributed by atoms with Crippen LogP contribution in [-0.2, 0) is 14.4 Å². The van der Waals surface area contributed by atoms with Gasteiger partial charge in [-0.25, -0.2) is 12.4 Å². The molecule has 0 spiro atoms. The van der Waals surface area contributed by atoms with Crippen LogP contribution in [-0.4, -0.2) is 32.2 Å². The van der Waals surface area contributed by atoms with Crippen molar-refractivity contribution in [3.8, 4) is 0 Å². The zero-order valence-electron chi connectivity index (χ0n) is 25.0. The van der Waals surface area contributed by atoms with Gasteiger partial charge in [0, 0.05) is 41.4 Å². The van der Waals surface area contributed by atoms with Gasteiger partial charge in [-0.3, -0.25) is 10.1 Å². The fourth-order valence-electron chi connectivity index (χ4n) is 5.92. The third kappa shape index (κ3) is 6.21. The van der Waals surface area contributed by atoms with E-state index in [1.54, 1.807) is 23.6 Å². The van der Waals surface area contributed by atoms with E-state index in [2.05, 4.69) is 69.3 Å². The van der Waals surface area contributed by atoms with Gasteiger partial charge in [0.15, 0.2) is 0 Å². The molecular weight excluding hydrogens is 609 g/mol. The molecule has 0 radical (unpaired) electrons. The minimum atomic E-state index is -3.98. The summed E-state index contributed by atoms with van der Waals surface area (Å²) in [7, 11) is -6.67. The van der Waals surface area contributed by atoms with E-state index >= 15 is 0 Å². The first-order valence-corrected chi connectivity index (χ1v) is 18.7. The SMILES string of the molecule is CC(C)(C)[Si](OCCC[C@@H](c1cccs1)c1cccn1S(=O)(=O)c1ccc([N+](=O)[O-])cc1)(c1ccccc1)c1ccccc1. The van der Waals surface area contributed by atoms with Crippen molar-refractivity contribution in [3.63, 3.8) is 0 Å². The Labute approximate surface area is 264 Å². The van der Waals surface area contributed by atoms with Crippen LogP contribution in [0.1, 0.15) is 50.1 Å². The molecule has 0 saturated carbocycles. The van der Waals surface area contributed by atoms with E-state index in [4.69, 9.17) is 4.43 Å². The van der Waals surface area contributed by atoms with Gasteiger partial charge in [0.2, 0.25) is 0 Å². The number of nitro benzene ring substituents is 1. The maximum Gasteiger partial charge on any atom is 0.269 e. The summed E-state index contributed by atoms with van der Waals surface area (Å²) >= 11 is 1.60. The Morgan fingerprint density at radius 2 is 1.48 bits per heavy atom. The standard InChI is InChI=1S/C34H36N2O5S2Si/c1-34(2,3)44(29-13-6-4-7-14-29,30-15-8-5-9-16-30)41-25-11-17-31(33-19-12-26-42-33)32-18-10-24-35(32)43(39,40)28-22-20-27(21-23-28)36(37)38/h4-10,12-16,18-24,26,31H,11,17,25H2,1-3H3/t31-/m1/s1. The van der Waals surface area contributed by atoms with Crippen molar-refractivity contribution in [3.05, 3.63) is 141 Å². The summed E-state index contributed by atoms with van der Waals surface area (Å²) in [6.07, 6.45) is 2.94. The van der Waals surface area contributed by atoms with Crippen molar-refractivity contribution in [1.82, 2.24) is 3.97 Å². The summed E-state index contributed by atoms with van der Waals surface area (Å²) in [6, 6.07) is 33.6. The van der Waals surface area contributed by atoms with Gasteiger partial charge in [-0.1, -0.05) is 87.5 Å². The van der Waals surface area contributed by atoms with Crippen molar-refractivity contribution in [1.29, 1.82) is 0 Å². The van der Waals surface area contributed by atoms with Crippen LogP contribution in [0.25, 0.3) is 0 Å². The molecule has 1 atom stereocenters. The quantitative estimate of drug-likeness (QED) is 0.0621. The van der Waals surface area contributed by atoms with Crippen molar-refractivity contribution in [2.75, 3.05) is 6.61 Å². The Morgan fingerprint density at radius 3 is 2.00 bits per heavy atom. The van der Waals surface area contributed by atoms with Crippen LogP contribution in [0, 0.1) is 10.1 Å². The van der Waals surface area contributed by atoms with Crippen LogP contribution in [0.2, 0.25) is 5.04 Å². The fourth-order valence-corrected chi connectivity index (χ4v) is 12.8. The third-order valence-electron chi connectivity index (χ3n) is 7.96. The average molecular weight is 645 g/mol. The van der Waals surface area contributed by atoms with Crippen molar-refractivity contribution in [2.24, 2.45) is 0 Å². The first-order valence-electron chi connectivity index (χ1n) is 14.5. The minimum Gasteiger partial charge on any atom is -0.407 e. The topological polar surface area (TPSA) is 91.4 Å². The van der Waals surface area contributed by atoms with E-state index in [0.717, 1.165) is 11.3 Å². The summed E-state index contributed by atoms with van der Waals surface area (Å²) in [5.74, 6) is -0.180. The number of benzene rings is 3. The molecule has 2 heterocycles. The van der Waals surface area contributed by atoms with Crippen molar-refractivity contribution >= 4 is 45.7 Å². The number of aromatic nitrogens is 1. The molecule has 0 saturated heterocycles. The van der Waals surface area contributed by atoms with Gasteiger partial charge < -0.3 is 4.43 Å². The van der Waals surface area contributed by atoms with E-state index in [-0.39, 0.29) is 21.5 Å². The number of thiophene rings is 1. The second-order valence-electron chi connectivity index (χ2n) is 11.7. The monoisotopic (exact) mass is 644 g/mol. The van der Waals surface area contributed by atoms with Gasteiger partial charge in [-0.15, -0.1) is 11.3 Å². The average Bonchev–Trinajstić information content (AvgIpc) is 3.73. The highest BCUT2D eigenvalue weighted by atomic mass is 32.2. The molecule has 10 heteroatoms. The fraction of sp³-hybridized carbons (Fsp3) is 0.235. The maximum atomic E-state index is 13.7. The van der Waals surface area contributed by atoms with E-state index in [1.165, 1.54) is 38.6 Å². The van der Waals surface area contributed by atoms with Gasteiger partial charge in [-0.05, 0) is 64.0 Å². The lowest BCUT2D eigenvalue weighted by Crippen LogP contribution is -2.66. The Bertz CT molecular complexity index is 1740. The van der Waals surface area contributed by atoms with E-state index in [9.17, 15) is 18.5 Å². The summed E-state index contributed by atoms with van der Waals surface area (Å²) in [5.41, 5.74) is 0.491. The van der Waals surface area contributed by atoms with Crippen LogP contribution in [0.3, 0.4) is 0 Å². The molecule has 7 nitrogen and oxygen atoms in total. The largest absolute Gasteiger partial charge is 0.407 e. The number of nitro groups is 1. The molecule has 5 aromatic rings. The van der Waals surface area contributed by atoms with Crippen molar-refractivity contribution in [2.45, 2.75) is 49.5 Å². The Morgan fingerprint density at radius 1 is 0.864 bits per heavy atom. The van der Waals surface area contributed by atoms with Gasteiger partial charge in [0.05, 0.1) is 9.82 Å². The number of nitrogens with zero attached hydrogens (tertiary/aromatic N) is 2. The lowest BCUT2D eigenvalue weighted by Gasteiger charge is -2.43. The summed E-state index contributed by atoms with van der Waals surface area (Å²) in [4.78, 5) is 11.6. The summed E-state index contributed by atoms with van der Waals surface area (Å²) < 4.78 is 35.9. The molecule has 228 valence electrons. The predicted molar refractivity (Wildman–Crippen MR) is 179 cm³/mol. The highest BCUT2D eigenvalue weighted by Gasteiger charge is 2.50. The molecule has 0 aliphatic carbocycles. The highest BCUT2D eigenvalue weighted by molar-refractivity contribution is 7.90. The number of hydrogen-bond acceptors (Lipinski definition) is 6. The first-order chi connectivity index (χ1) is 21.1. The van der Waals surface area contributed by atoms with Crippen LogP contribution in [0.4, 0.5) is 5.69 Å². The van der Waals surface area contributed by atoms with Crippen molar-refractivity contribution < 1.29 is 17.8 Å². The van der Waals surface area contributed by atoms with Crippen LogP contribution < -0.4 is 10.4 Å². The third-order valence-corrected chi connectivity index (χ3v) is 15.7. The van der Waals surface area contributed by atoms with Gasteiger partial charge in [-0.2, -0.15) is 0 Å². The lowest BCUT2D eigenvalue weighted by atomic mass is 9.98. The Hall–Kier alpha value is -3.83. The van der Waals surface area contributed by atoms with Gasteiger partial charge >= 0.3 is 0 Å². The molecule has 44 heavy (non-hydrogen) atoms. The molecule has 0 N–H and O–H groups in total.